The van der Waals surface area contributed by atoms with Crippen LogP contribution >= 0.6 is 0 Å². The summed E-state index contributed by atoms with van der Waals surface area (Å²) in [6.45, 7) is 6.04. The van der Waals surface area contributed by atoms with Crippen molar-refractivity contribution in [1.82, 2.24) is 0 Å². The van der Waals surface area contributed by atoms with Crippen molar-refractivity contribution >= 4 is 18.1 Å². The maximum atomic E-state index is 12.9. The topological polar surface area (TPSA) is 136 Å². The molecule has 1 fully saturated rings. The quantitative estimate of drug-likeness (QED) is 0.220. The summed E-state index contributed by atoms with van der Waals surface area (Å²) in [6, 6.07) is 17.6. The lowest BCUT2D eigenvalue weighted by Gasteiger charge is -2.44. The van der Waals surface area contributed by atoms with E-state index in [1.807, 2.05) is 30.3 Å². The summed E-state index contributed by atoms with van der Waals surface area (Å²) in [5.74, 6) is -1.31. The Hall–Kier alpha value is -3.77. The molecule has 6 atom stereocenters. The average molecular weight is 559 g/mol. The van der Waals surface area contributed by atoms with Crippen molar-refractivity contribution in [3.8, 4) is 0 Å². The van der Waals surface area contributed by atoms with Gasteiger partial charge in [0.2, 0.25) is 0 Å². The Morgan fingerprint density at radius 2 is 1.65 bits per heavy atom. The lowest BCUT2D eigenvalue weighted by Crippen LogP contribution is -2.62. The van der Waals surface area contributed by atoms with Gasteiger partial charge in [-0.3, -0.25) is 4.79 Å². The molecule has 0 spiro atoms. The largest absolute Gasteiger partial charge is 0.509 e. The van der Waals surface area contributed by atoms with Crippen molar-refractivity contribution in [2.24, 2.45) is 0 Å². The highest BCUT2D eigenvalue weighted by atomic mass is 16.8. The second kappa shape index (κ2) is 15.7. The number of carbonyl (C=O) groups excluding carboxylic acids is 3. The predicted molar refractivity (Wildman–Crippen MR) is 140 cm³/mol. The number of hydrogen-bond donors (Lipinski definition) is 1. The molecule has 11 nitrogen and oxygen atoms in total. The molecule has 11 heteroatoms. The van der Waals surface area contributed by atoms with Crippen LogP contribution in [0.4, 0.5) is 4.79 Å². The number of aliphatic hydroxyl groups excluding tert-OH is 1. The van der Waals surface area contributed by atoms with Gasteiger partial charge in [0.25, 0.3) is 0 Å². The molecule has 0 amide bonds. The lowest BCUT2D eigenvalue weighted by molar-refractivity contribution is -0.312. The van der Waals surface area contributed by atoms with Crippen LogP contribution < -0.4 is 0 Å². The summed E-state index contributed by atoms with van der Waals surface area (Å²) in [7, 11) is 0. The molecule has 1 aliphatic heterocycles. The van der Waals surface area contributed by atoms with Crippen LogP contribution in [-0.2, 0) is 49.4 Å². The summed E-state index contributed by atoms with van der Waals surface area (Å²) in [5.41, 5.74) is 1.23. The van der Waals surface area contributed by atoms with E-state index in [4.69, 9.17) is 33.2 Å². The van der Waals surface area contributed by atoms with Crippen LogP contribution in [0.3, 0.4) is 0 Å². The molecule has 0 radical (unpaired) electrons. The smallest absolute Gasteiger partial charge is 0.464 e. The number of carbonyl (C=O) groups is 3. The number of ether oxygens (including phenoxy) is 7. The maximum Gasteiger partial charge on any atom is 0.509 e. The normalized spacial score (nSPS) is 22.9. The van der Waals surface area contributed by atoms with Crippen molar-refractivity contribution in [1.29, 1.82) is 0 Å². The van der Waals surface area contributed by atoms with E-state index >= 15 is 0 Å². The van der Waals surface area contributed by atoms with Gasteiger partial charge in [0.1, 0.15) is 31.5 Å². The van der Waals surface area contributed by atoms with Crippen molar-refractivity contribution in [2.45, 2.75) is 57.3 Å². The summed E-state index contributed by atoms with van der Waals surface area (Å²) in [4.78, 5) is 37.1. The summed E-state index contributed by atoms with van der Waals surface area (Å²) in [6.07, 6.45) is -7.78. The Balaban J connectivity index is 1.97. The summed E-state index contributed by atoms with van der Waals surface area (Å²) >= 11 is 0. The van der Waals surface area contributed by atoms with Gasteiger partial charge >= 0.3 is 18.1 Å². The first-order chi connectivity index (χ1) is 19.3. The van der Waals surface area contributed by atoms with E-state index in [1.54, 1.807) is 37.3 Å². The number of rotatable bonds is 13. The molecule has 216 valence electrons. The number of hydrogen-bond acceptors (Lipinski definition) is 11. The minimum Gasteiger partial charge on any atom is -0.464 e. The van der Waals surface area contributed by atoms with Crippen molar-refractivity contribution in [3.63, 3.8) is 0 Å². The number of benzene rings is 2. The van der Waals surface area contributed by atoms with E-state index in [0.29, 0.717) is 5.56 Å². The van der Waals surface area contributed by atoms with Crippen LogP contribution in [0.2, 0.25) is 0 Å². The first-order valence-corrected chi connectivity index (χ1v) is 12.8. The second-order valence-corrected chi connectivity index (χ2v) is 8.70. The van der Waals surface area contributed by atoms with Gasteiger partial charge in [0, 0.05) is 6.92 Å². The van der Waals surface area contributed by atoms with Crippen LogP contribution in [0.25, 0.3) is 0 Å². The third kappa shape index (κ3) is 8.88. The number of aliphatic hydroxyl groups is 1. The Kier molecular flexibility index (Phi) is 12.1. The predicted octanol–water partition coefficient (Wildman–Crippen LogP) is 3.25. The molecule has 0 aliphatic carbocycles. The molecular weight excluding hydrogens is 524 g/mol. The van der Waals surface area contributed by atoms with Gasteiger partial charge in [-0.05, 0) is 18.1 Å². The molecule has 1 N–H and O–H groups in total. The molecular formula is C29H34O11. The molecule has 1 unspecified atom stereocenters. The fourth-order valence-electron chi connectivity index (χ4n) is 4.02. The van der Waals surface area contributed by atoms with E-state index in [0.717, 1.165) is 5.56 Å². The van der Waals surface area contributed by atoms with Crippen LogP contribution in [0, 0.1) is 0 Å². The van der Waals surface area contributed by atoms with E-state index in [9.17, 15) is 19.5 Å². The van der Waals surface area contributed by atoms with Crippen LogP contribution in [0.15, 0.2) is 73.3 Å². The monoisotopic (exact) mass is 558 g/mol. The van der Waals surface area contributed by atoms with E-state index < -0.39 is 54.9 Å². The standard InChI is InChI=1S/C29H34O11/c1-4-16-35-29(33)40-25-24(37-17-20-12-8-6-9-13-20)22(18-36-19(3)30)38-28(32)26(25)39-23(27(31)34-5-2)21-14-10-7-11-15-21/h4,6-15,22-26,28,32H,1,5,16-18H2,2-3H3/t22-,23+,24-,25+,26-,28?/m1/s1. The Morgan fingerprint density at radius 3 is 2.27 bits per heavy atom. The first kappa shape index (κ1) is 30.8. The van der Waals surface area contributed by atoms with Gasteiger partial charge in [-0.2, -0.15) is 0 Å². The van der Waals surface area contributed by atoms with Crippen LogP contribution in [0.1, 0.15) is 31.1 Å². The maximum absolute atomic E-state index is 12.9. The molecule has 40 heavy (non-hydrogen) atoms. The minimum atomic E-state index is -1.73. The third-order valence-electron chi connectivity index (χ3n) is 5.79. The van der Waals surface area contributed by atoms with E-state index in [1.165, 1.54) is 13.0 Å². The zero-order chi connectivity index (χ0) is 28.9. The Labute approximate surface area is 232 Å². The van der Waals surface area contributed by atoms with Gasteiger partial charge < -0.3 is 38.3 Å². The Morgan fingerprint density at radius 1 is 0.975 bits per heavy atom. The van der Waals surface area contributed by atoms with Crippen molar-refractivity contribution in [2.75, 3.05) is 19.8 Å². The van der Waals surface area contributed by atoms with Gasteiger partial charge in [0.15, 0.2) is 18.5 Å². The second-order valence-electron chi connectivity index (χ2n) is 8.70. The zero-order valence-corrected chi connectivity index (χ0v) is 22.4. The molecule has 2 aromatic rings. The van der Waals surface area contributed by atoms with Gasteiger partial charge in [0.05, 0.1) is 13.2 Å². The molecule has 1 heterocycles. The highest BCUT2D eigenvalue weighted by molar-refractivity contribution is 5.76. The van der Waals surface area contributed by atoms with Crippen molar-refractivity contribution < 1.29 is 52.6 Å². The van der Waals surface area contributed by atoms with Gasteiger partial charge in [-0.25, -0.2) is 9.59 Å². The molecule has 0 saturated carbocycles. The average Bonchev–Trinajstić information content (AvgIpc) is 2.95. The summed E-state index contributed by atoms with van der Waals surface area (Å²) in [5, 5.41) is 11.0. The molecule has 1 saturated heterocycles. The highest BCUT2D eigenvalue weighted by Crippen LogP contribution is 2.33. The number of esters is 2. The fourth-order valence-corrected chi connectivity index (χ4v) is 4.02. The minimum absolute atomic E-state index is 0.0514. The molecule has 0 bridgehead atoms. The van der Waals surface area contributed by atoms with Crippen LogP contribution in [0.5, 0.6) is 0 Å². The zero-order valence-electron chi connectivity index (χ0n) is 22.4. The lowest BCUT2D eigenvalue weighted by atomic mass is 9.97. The highest BCUT2D eigenvalue weighted by Gasteiger charge is 2.51. The van der Waals surface area contributed by atoms with E-state index in [2.05, 4.69) is 6.58 Å². The molecule has 2 aromatic carbocycles. The summed E-state index contributed by atoms with van der Waals surface area (Å²) < 4.78 is 38.9. The molecule has 1 aliphatic rings. The van der Waals surface area contributed by atoms with E-state index in [-0.39, 0.29) is 26.4 Å². The van der Waals surface area contributed by atoms with Crippen molar-refractivity contribution in [3.05, 3.63) is 84.4 Å². The molecule has 3 rings (SSSR count). The third-order valence-corrected chi connectivity index (χ3v) is 5.79. The molecule has 0 aromatic heterocycles. The SMILES string of the molecule is C=CCOC(=O)O[C@H]1[C@H](OCc2ccccc2)[C@@H](COC(C)=O)OC(O)[C@@H]1O[C@H](C(=O)OCC)c1ccccc1. The van der Waals surface area contributed by atoms with Crippen LogP contribution in [-0.4, -0.2) is 73.7 Å². The fraction of sp³-hybridized carbons (Fsp3) is 0.414. The van der Waals surface area contributed by atoms with Gasteiger partial charge in [-0.15, -0.1) is 0 Å². The first-order valence-electron chi connectivity index (χ1n) is 12.8. The Bertz CT molecular complexity index is 1090. The van der Waals surface area contributed by atoms with Gasteiger partial charge in [-0.1, -0.05) is 73.3 Å².